The summed E-state index contributed by atoms with van der Waals surface area (Å²) < 4.78 is 19.0. The van der Waals surface area contributed by atoms with E-state index in [0.29, 0.717) is 49.1 Å². The Kier molecular flexibility index (Phi) is 12.1. The van der Waals surface area contributed by atoms with Gasteiger partial charge in [0.05, 0.1) is 12.6 Å². The molecule has 54 heavy (non-hydrogen) atoms. The van der Waals surface area contributed by atoms with Crippen molar-refractivity contribution in [3.05, 3.63) is 119 Å². The smallest absolute Gasteiger partial charge is 0.321 e. The number of urea groups is 1. The maximum atomic E-state index is 14.0. The first-order chi connectivity index (χ1) is 25.9. The normalized spacial score (nSPS) is 18.4. The predicted molar refractivity (Wildman–Crippen MR) is 215 cm³/mol. The number of hydrogen-bond acceptors (Lipinski definition) is 6. The van der Waals surface area contributed by atoms with Crippen molar-refractivity contribution in [2.45, 2.75) is 104 Å². The second-order valence-corrected chi connectivity index (χ2v) is 20.7. The molecule has 0 spiro atoms. The summed E-state index contributed by atoms with van der Waals surface area (Å²) in [4.78, 5) is 26.8. The highest BCUT2D eigenvalue weighted by atomic mass is 28.4. The van der Waals surface area contributed by atoms with Crippen molar-refractivity contribution in [3.8, 4) is 35.3 Å². The molecular formula is C45H52N4O4Si. The molecule has 0 N–H and O–H groups in total. The molecule has 1 saturated heterocycles. The molecule has 2 aliphatic rings. The van der Waals surface area contributed by atoms with Gasteiger partial charge in [-0.05, 0) is 85.5 Å². The zero-order chi connectivity index (χ0) is 38.3. The van der Waals surface area contributed by atoms with Gasteiger partial charge in [-0.2, -0.15) is 4.98 Å². The quantitative estimate of drug-likeness (QED) is 0.107. The van der Waals surface area contributed by atoms with Crippen molar-refractivity contribution in [3.63, 3.8) is 0 Å². The third kappa shape index (κ3) is 9.52. The number of hydrogen-bond donors (Lipinski definition) is 0. The maximum Gasteiger partial charge on any atom is 0.321 e. The summed E-state index contributed by atoms with van der Waals surface area (Å²) >= 11 is 0. The van der Waals surface area contributed by atoms with Crippen LogP contribution in [0.2, 0.25) is 18.1 Å². The fourth-order valence-electron chi connectivity index (χ4n) is 6.44. The van der Waals surface area contributed by atoms with Crippen LogP contribution >= 0.6 is 0 Å². The first kappa shape index (κ1) is 38.6. The molecule has 1 unspecified atom stereocenters. The number of amides is 2. The molecule has 1 aliphatic heterocycles. The molecule has 2 amide bonds. The molecule has 2 fully saturated rings. The molecule has 1 atom stereocenters. The first-order valence-corrected chi connectivity index (χ1v) is 21.8. The monoisotopic (exact) mass is 740 g/mol. The lowest BCUT2D eigenvalue weighted by atomic mass is 9.83. The summed E-state index contributed by atoms with van der Waals surface area (Å²) in [6.45, 7) is 16.9. The van der Waals surface area contributed by atoms with E-state index < -0.39 is 8.32 Å². The van der Waals surface area contributed by atoms with Crippen LogP contribution in [-0.2, 0) is 24.2 Å². The van der Waals surface area contributed by atoms with Crippen molar-refractivity contribution in [2.24, 2.45) is 5.92 Å². The zero-order valence-electron chi connectivity index (χ0n) is 32.6. The topological polar surface area (TPSA) is 77.0 Å². The minimum absolute atomic E-state index is 0.00964. The lowest BCUT2D eigenvalue weighted by Crippen LogP contribution is -2.47. The van der Waals surface area contributed by atoms with Crippen molar-refractivity contribution in [1.29, 1.82) is 0 Å². The van der Waals surface area contributed by atoms with Crippen molar-refractivity contribution < 1.29 is 18.7 Å². The van der Waals surface area contributed by atoms with Gasteiger partial charge in [-0.15, -0.1) is 0 Å². The van der Waals surface area contributed by atoms with Crippen LogP contribution in [0.4, 0.5) is 4.79 Å². The number of ether oxygens (including phenoxy) is 2. The molecule has 4 aromatic rings. The van der Waals surface area contributed by atoms with Crippen LogP contribution in [-0.4, -0.2) is 52.8 Å². The van der Waals surface area contributed by atoms with E-state index in [-0.39, 0.29) is 29.7 Å². The number of rotatable bonds is 12. The standard InChI is InChI=1S/C45H52N4O4Si/c1-33(2)49-41(38-24-22-34(23-25-38)16-14-15-21-37-26-39(27-37)53-54(6,7)45(3,4)5)29-48(44(49)50)28-40-42(51-30-35-17-10-8-11-18-35)43(47-32-46-40)52-31-36-19-12-9-13-20-36/h8-13,17-20,22-25,32-33,37,39,41H,26-31H2,1-7H3. The van der Waals surface area contributed by atoms with E-state index in [1.165, 1.54) is 6.33 Å². The third-order valence-electron chi connectivity index (χ3n) is 10.6. The Morgan fingerprint density at radius 3 is 2.09 bits per heavy atom. The van der Waals surface area contributed by atoms with E-state index in [4.69, 9.17) is 13.9 Å². The number of carbonyl (C=O) groups is 1. The molecule has 9 heteroatoms. The highest BCUT2D eigenvalue weighted by molar-refractivity contribution is 6.74. The summed E-state index contributed by atoms with van der Waals surface area (Å²) in [6.07, 6.45) is 3.77. The minimum atomic E-state index is -1.75. The van der Waals surface area contributed by atoms with Gasteiger partial charge in [0.2, 0.25) is 5.75 Å². The summed E-state index contributed by atoms with van der Waals surface area (Å²) in [5, 5.41) is 0.216. The van der Waals surface area contributed by atoms with E-state index in [0.717, 1.165) is 35.1 Å². The van der Waals surface area contributed by atoms with E-state index in [9.17, 15) is 4.79 Å². The van der Waals surface area contributed by atoms with Crippen LogP contribution in [0, 0.1) is 29.6 Å². The summed E-state index contributed by atoms with van der Waals surface area (Å²) in [5.41, 5.74) is 4.55. The van der Waals surface area contributed by atoms with Crippen LogP contribution < -0.4 is 9.47 Å². The van der Waals surface area contributed by atoms with Gasteiger partial charge in [-0.1, -0.05) is 105 Å². The molecule has 6 rings (SSSR count). The Morgan fingerprint density at radius 2 is 1.48 bits per heavy atom. The number of aromatic nitrogens is 2. The fourth-order valence-corrected chi connectivity index (χ4v) is 7.82. The van der Waals surface area contributed by atoms with Gasteiger partial charge in [0, 0.05) is 30.2 Å². The average molecular weight is 741 g/mol. The lowest BCUT2D eigenvalue weighted by molar-refractivity contribution is 0.0762. The molecule has 1 saturated carbocycles. The molecule has 0 bridgehead atoms. The number of carbonyl (C=O) groups excluding carboxylic acids is 1. The lowest BCUT2D eigenvalue weighted by Gasteiger charge is -2.43. The molecule has 1 aromatic heterocycles. The van der Waals surface area contributed by atoms with Crippen molar-refractivity contribution in [1.82, 2.24) is 19.8 Å². The van der Waals surface area contributed by atoms with Crippen LogP contribution in [0.5, 0.6) is 11.6 Å². The van der Waals surface area contributed by atoms with Crippen LogP contribution in [0.3, 0.4) is 0 Å². The summed E-state index contributed by atoms with van der Waals surface area (Å²) in [7, 11) is -1.75. The van der Waals surface area contributed by atoms with Crippen molar-refractivity contribution in [2.75, 3.05) is 6.54 Å². The number of benzene rings is 3. The van der Waals surface area contributed by atoms with Gasteiger partial charge in [0.15, 0.2) is 8.32 Å². The highest BCUT2D eigenvalue weighted by Gasteiger charge is 2.42. The van der Waals surface area contributed by atoms with Gasteiger partial charge in [-0.3, -0.25) is 0 Å². The zero-order valence-corrected chi connectivity index (χ0v) is 33.6. The average Bonchev–Trinajstić information content (AvgIpc) is 3.46. The van der Waals surface area contributed by atoms with Gasteiger partial charge >= 0.3 is 6.03 Å². The van der Waals surface area contributed by atoms with E-state index in [1.54, 1.807) is 0 Å². The number of nitrogens with zero attached hydrogens (tertiary/aromatic N) is 4. The Bertz CT molecular complexity index is 2000. The summed E-state index contributed by atoms with van der Waals surface area (Å²) in [5.74, 6) is 13.8. The molecule has 3 aromatic carbocycles. The molecular weight excluding hydrogens is 689 g/mol. The molecule has 1 aliphatic carbocycles. The van der Waals surface area contributed by atoms with Gasteiger partial charge in [-0.25, -0.2) is 9.78 Å². The van der Waals surface area contributed by atoms with Gasteiger partial charge in [0.1, 0.15) is 25.2 Å². The first-order valence-electron chi connectivity index (χ1n) is 18.9. The van der Waals surface area contributed by atoms with E-state index in [1.807, 2.05) is 96.4 Å². The fraction of sp³-hybridized carbons (Fsp3) is 0.400. The molecule has 2 heterocycles. The molecule has 0 radical (unpaired) electrons. The van der Waals surface area contributed by atoms with Crippen LogP contribution in [0.1, 0.15) is 81.4 Å². The van der Waals surface area contributed by atoms with Gasteiger partial charge in [0.25, 0.3) is 5.88 Å². The third-order valence-corrected chi connectivity index (χ3v) is 15.1. The summed E-state index contributed by atoms with van der Waals surface area (Å²) in [6, 6.07) is 27.8. The van der Waals surface area contributed by atoms with Crippen LogP contribution in [0.15, 0.2) is 91.3 Å². The second-order valence-electron chi connectivity index (χ2n) is 16.0. The highest BCUT2D eigenvalue weighted by Crippen LogP contribution is 2.41. The Labute approximate surface area is 322 Å². The van der Waals surface area contributed by atoms with E-state index >= 15 is 0 Å². The molecule has 280 valence electrons. The SMILES string of the molecule is CC(C)N1C(=O)N(Cc2ncnc(OCc3ccccc3)c2OCc2ccccc2)CC1c1ccc(C#CC#CC2CC(O[Si](C)(C)C(C)(C)C)C2)cc1. The van der Waals surface area contributed by atoms with E-state index in [2.05, 4.69) is 79.6 Å². The van der Waals surface area contributed by atoms with Gasteiger partial charge < -0.3 is 23.7 Å². The van der Waals surface area contributed by atoms with Crippen LogP contribution in [0.25, 0.3) is 0 Å². The predicted octanol–water partition coefficient (Wildman–Crippen LogP) is 9.18. The Balaban J connectivity index is 1.12. The maximum absolute atomic E-state index is 14.0. The van der Waals surface area contributed by atoms with Crippen molar-refractivity contribution >= 4 is 14.3 Å². The Hall–Kier alpha value is -5.09. The Morgan fingerprint density at radius 1 is 0.852 bits per heavy atom. The largest absolute Gasteiger partial charge is 0.482 e. The molecule has 8 nitrogen and oxygen atoms in total. The second kappa shape index (κ2) is 16.9. The minimum Gasteiger partial charge on any atom is -0.482 e.